The van der Waals surface area contributed by atoms with Gasteiger partial charge in [-0.15, -0.1) is 11.3 Å². The van der Waals surface area contributed by atoms with Gasteiger partial charge in [0.25, 0.3) is 0 Å². The van der Waals surface area contributed by atoms with Crippen molar-refractivity contribution in [2.75, 3.05) is 32.1 Å². The van der Waals surface area contributed by atoms with Crippen LogP contribution in [0, 0.1) is 0 Å². The molecule has 0 amide bonds. The Morgan fingerprint density at radius 1 is 1.33 bits per heavy atom. The Morgan fingerprint density at radius 2 is 2.11 bits per heavy atom. The average molecular weight is 308 g/mol. The van der Waals surface area contributed by atoms with Crippen LogP contribution in [0.3, 0.4) is 0 Å². The third-order valence-corrected chi connectivity index (χ3v) is 6.14. The Kier molecular flexibility index (Phi) is 7.25. The van der Waals surface area contributed by atoms with E-state index in [4.69, 9.17) is 0 Å². The lowest BCUT2D eigenvalue weighted by molar-refractivity contribution is 0.583. The van der Waals surface area contributed by atoms with Crippen LogP contribution in [0.15, 0.2) is 16.3 Å². The minimum atomic E-state index is -3.31. The molecule has 0 aliphatic carbocycles. The zero-order chi connectivity index (χ0) is 13.4. The van der Waals surface area contributed by atoms with Gasteiger partial charge in [0.1, 0.15) is 4.21 Å². The molecule has 0 saturated heterocycles. The van der Waals surface area contributed by atoms with Gasteiger partial charge < -0.3 is 5.32 Å². The first-order valence-electron chi connectivity index (χ1n) is 5.82. The van der Waals surface area contributed by atoms with Crippen molar-refractivity contribution in [2.24, 2.45) is 0 Å². The molecule has 4 nitrogen and oxygen atoms in total. The second-order valence-corrected chi connectivity index (χ2v) is 7.97. The van der Waals surface area contributed by atoms with Gasteiger partial charge in [0.2, 0.25) is 10.0 Å². The Bertz CT molecular complexity index is 443. The lowest BCUT2D eigenvalue weighted by Crippen LogP contribution is -2.24. The van der Waals surface area contributed by atoms with Crippen LogP contribution in [0.1, 0.15) is 11.3 Å². The van der Waals surface area contributed by atoms with E-state index in [0.29, 0.717) is 10.8 Å². The molecule has 0 radical (unpaired) electrons. The number of rotatable bonds is 9. The maximum absolute atomic E-state index is 12.0. The van der Waals surface area contributed by atoms with Gasteiger partial charge in [-0.05, 0) is 50.6 Å². The second kappa shape index (κ2) is 8.16. The van der Waals surface area contributed by atoms with Crippen molar-refractivity contribution >= 4 is 33.1 Å². The van der Waals surface area contributed by atoms with E-state index in [1.54, 1.807) is 17.8 Å². The molecular formula is C11H20N2O2S3. The molecule has 2 N–H and O–H groups in total. The highest BCUT2D eigenvalue weighted by Gasteiger charge is 2.15. The highest BCUT2D eigenvalue weighted by atomic mass is 32.2. The van der Waals surface area contributed by atoms with Crippen molar-refractivity contribution in [1.29, 1.82) is 0 Å². The molecule has 0 spiro atoms. The van der Waals surface area contributed by atoms with Crippen LogP contribution >= 0.6 is 23.1 Å². The Morgan fingerprint density at radius 3 is 2.78 bits per heavy atom. The first kappa shape index (κ1) is 16.0. The number of thiophene rings is 1. The summed E-state index contributed by atoms with van der Waals surface area (Å²) in [6.07, 6.45) is 3.74. The minimum Gasteiger partial charge on any atom is -0.319 e. The minimum absolute atomic E-state index is 0.415. The van der Waals surface area contributed by atoms with Crippen molar-refractivity contribution in [2.45, 2.75) is 17.1 Å². The van der Waals surface area contributed by atoms with Gasteiger partial charge in [-0.3, -0.25) is 0 Å². The normalized spacial score (nSPS) is 11.9. The van der Waals surface area contributed by atoms with Crippen LogP contribution < -0.4 is 10.0 Å². The molecule has 0 bridgehead atoms. The summed E-state index contributed by atoms with van der Waals surface area (Å²) in [6.45, 7) is 1.37. The monoisotopic (exact) mass is 308 g/mol. The quantitative estimate of drug-likeness (QED) is 0.680. The fraction of sp³-hybridized carbons (Fsp3) is 0.636. The highest BCUT2D eigenvalue weighted by Crippen LogP contribution is 2.21. The summed E-state index contributed by atoms with van der Waals surface area (Å²) >= 11 is 3.07. The Balaban J connectivity index is 2.53. The third-order valence-electron chi connectivity index (χ3n) is 2.34. The standard InChI is InChI=1S/C11H20N2O2S3/c1-12-8-6-10-4-5-11(17-10)18(14,15)13-7-3-9-16-2/h4-5,12-13H,3,6-9H2,1-2H3. The lowest BCUT2D eigenvalue weighted by atomic mass is 10.3. The molecule has 0 aliphatic heterocycles. The maximum Gasteiger partial charge on any atom is 0.250 e. The molecule has 0 unspecified atom stereocenters. The van der Waals surface area contributed by atoms with Crippen molar-refractivity contribution in [3.05, 3.63) is 17.0 Å². The van der Waals surface area contributed by atoms with E-state index in [1.165, 1.54) is 11.3 Å². The van der Waals surface area contributed by atoms with E-state index in [-0.39, 0.29) is 0 Å². The fourth-order valence-electron chi connectivity index (χ4n) is 1.38. The van der Waals surface area contributed by atoms with Gasteiger partial charge >= 0.3 is 0 Å². The smallest absolute Gasteiger partial charge is 0.250 e. The molecular weight excluding hydrogens is 288 g/mol. The van der Waals surface area contributed by atoms with Crippen LogP contribution in [0.4, 0.5) is 0 Å². The van der Waals surface area contributed by atoms with E-state index < -0.39 is 10.0 Å². The Hall–Kier alpha value is -0.0800. The molecule has 0 saturated carbocycles. The SMILES string of the molecule is CNCCc1ccc(S(=O)(=O)NCCCSC)s1. The van der Waals surface area contributed by atoms with Gasteiger partial charge in [-0.2, -0.15) is 11.8 Å². The average Bonchev–Trinajstić information content (AvgIpc) is 2.81. The fourth-order valence-corrected chi connectivity index (χ4v) is 4.29. The zero-order valence-electron chi connectivity index (χ0n) is 10.7. The number of sulfonamides is 1. The molecule has 104 valence electrons. The first-order valence-corrected chi connectivity index (χ1v) is 9.51. The van der Waals surface area contributed by atoms with E-state index in [2.05, 4.69) is 10.0 Å². The van der Waals surface area contributed by atoms with Crippen LogP contribution in [0.2, 0.25) is 0 Å². The van der Waals surface area contributed by atoms with Crippen molar-refractivity contribution in [1.82, 2.24) is 10.0 Å². The molecule has 1 aromatic rings. The number of hydrogen-bond acceptors (Lipinski definition) is 5. The van der Waals surface area contributed by atoms with Gasteiger partial charge in [-0.25, -0.2) is 13.1 Å². The predicted octanol–water partition coefficient (Wildman–Crippen LogP) is 1.54. The molecule has 7 heteroatoms. The summed E-state index contributed by atoms with van der Waals surface area (Å²) in [5, 5.41) is 3.05. The molecule has 18 heavy (non-hydrogen) atoms. The van der Waals surface area contributed by atoms with Crippen molar-refractivity contribution in [3.8, 4) is 0 Å². The summed E-state index contributed by atoms with van der Waals surface area (Å²) in [4.78, 5) is 1.09. The molecule has 1 rings (SSSR count). The molecule has 1 heterocycles. The van der Waals surface area contributed by atoms with Crippen molar-refractivity contribution in [3.63, 3.8) is 0 Å². The van der Waals surface area contributed by atoms with Crippen LogP contribution in [0.5, 0.6) is 0 Å². The summed E-state index contributed by atoms with van der Waals surface area (Å²) in [5.74, 6) is 0.973. The maximum atomic E-state index is 12.0. The highest BCUT2D eigenvalue weighted by molar-refractivity contribution is 7.98. The largest absolute Gasteiger partial charge is 0.319 e. The van der Waals surface area contributed by atoms with Gasteiger partial charge in [0.05, 0.1) is 0 Å². The molecule has 0 fully saturated rings. The summed E-state index contributed by atoms with van der Waals surface area (Å²) in [5.41, 5.74) is 0. The molecule has 0 aromatic carbocycles. The second-order valence-electron chi connectivity index (χ2n) is 3.82. The number of hydrogen-bond donors (Lipinski definition) is 2. The number of likely N-dealkylation sites (N-methyl/N-ethyl adjacent to an activating group) is 1. The molecule has 0 atom stereocenters. The van der Waals surface area contributed by atoms with Gasteiger partial charge in [-0.1, -0.05) is 0 Å². The number of nitrogens with one attached hydrogen (secondary N) is 2. The van der Waals surface area contributed by atoms with Crippen LogP contribution in [0.25, 0.3) is 0 Å². The lowest BCUT2D eigenvalue weighted by Gasteiger charge is -2.03. The first-order chi connectivity index (χ1) is 8.60. The van der Waals surface area contributed by atoms with E-state index in [1.807, 2.05) is 19.4 Å². The van der Waals surface area contributed by atoms with Gasteiger partial charge in [0.15, 0.2) is 0 Å². The summed E-state index contributed by atoms with van der Waals surface area (Å²) < 4.78 is 27.0. The topological polar surface area (TPSA) is 58.2 Å². The zero-order valence-corrected chi connectivity index (χ0v) is 13.2. The van der Waals surface area contributed by atoms with Crippen LogP contribution in [-0.2, 0) is 16.4 Å². The van der Waals surface area contributed by atoms with Crippen molar-refractivity contribution < 1.29 is 8.42 Å². The van der Waals surface area contributed by atoms with Gasteiger partial charge in [0, 0.05) is 11.4 Å². The van der Waals surface area contributed by atoms with Crippen LogP contribution in [-0.4, -0.2) is 40.6 Å². The Labute approximate surface area is 118 Å². The van der Waals surface area contributed by atoms with E-state index in [9.17, 15) is 8.42 Å². The van der Waals surface area contributed by atoms with E-state index in [0.717, 1.165) is 30.0 Å². The third kappa shape index (κ3) is 5.27. The van der Waals surface area contributed by atoms with E-state index >= 15 is 0 Å². The summed E-state index contributed by atoms with van der Waals surface area (Å²) in [7, 11) is -1.42. The summed E-state index contributed by atoms with van der Waals surface area (Å²) in [6, 6.07) is 3.57. The molecule has 0 aliphatic rings. The molecule has 1 aromatic heterocycles. The number of thioether (sulfide) groups is 1. The predicted molar refractivity (Wildman–Crippen MR) is 80.1 cm³/mol.